The monoisotopic (exact) mass is 381 g/mol. The van der Waals surface area contributed by atoms with Gasteiger partial charge in [0.25, 0.3) is 0 Å². The molecule has 1 aliphatic rings. The Morgan fingerprint density at radius 3 is 2.73 bits per heavy atom. The SMILES string of the molecule is O=C(CCSc1ccccc1)NCc1nc(C2CCC(F)(F)CC2)no1. The van der Waals surface area contributed by atoms with Crippen molar-refractivity contribution in [2.75, 3.05) is 5.75 Å². The van der Waals surface area contributed by atoms with Crippen LogP contribution in [0.2, 0.25) is 0 Å². The Bertz CT molecular complexity index is 714. The molecule has 0 spiro atoms. The third-order valence-corrected chi connectivity index (χ3v) is 5.36. The Morgan fingerprint density at radius 2 is 2.00 bits per heavy atom. The van der Waals surface area contributed by atoms with Gasteiger partial charge in [-0.05, 0) is 25.0 Å². The number of nitrogens with one attached hydrogen (secondary N) is 1. The average molecular weight is 381 g/mol. The van der Waals surface area contributed by atoms with E-state index in [9.17, 15) is 13.6 Å². The first-order valence-corrected chi connectivity index (χ1v) is 9.65. The Balaban J connectivity index is 1.38. The number of thioether (sulfide) groups is 1. The van der Waals surface area contributed by atoms with Crippen molar-refractivity contribution in [1.29, 1.82) is 0 Å². The second-order valence-electron chi connectivity index (χ2n) is 6.36. The van der Waals surface area contributed by atoms with Crippen LogP contribution in [0, 0.1) is 0 Å². The number of rotatable bonds is 7. The van der Waals surface area contributed by atoms with Gasteiger partial charge in [0.1, 0.15) is 0 Å². The fourth-order valence-corrected chi connectivity index (χ4v) is 3.72. The Labute approximate surface area is 154 Å². The molecule has 1 aromatic heterocycles. The maximum absolute atomic E-state index is 13.2. The highest BCUT2D eigenvalue weighted by atomic mass is 32.2. The summed E-state index contributed by atoms with van der Waals surface area (Å²) in [6, 6.07) is 9.88. The van der Waals surface area contributed by atoms with Crippen molar-refractivity contribution in [2.45, 2.75) is 55.4 Å². The number of carbonyl (C=O) groups excluding carboxylic acids is 1. The molecular weight excluding hydrogens is 360 g/mol. The zero-order valence-electron chi connectivity index (χ0n) is 14.3. The smallest absolute Gasteiger partial charge is 0.248 e. The van der Waals surface area contributed by atoms with Gasteiger partial charge in [0.15, 0.2) is 5.82 Å². The van der Waals surface area contributed by atoms with Crippen molar-refractivity contribution >= 4 is 17.7 Å². The van der Waals surface area contributed by atoms with Crippen molar-refractivity contribution in [3.63, 3.8) is 0 Å². The van der Waals surface area contributed by atoms with Gasteiger partial charge in [-0.1, -0.05) is 23.4 Å². The molecule has 0 unspecified atom stereocenters. The van der Waals surface area contributed by atoms with E-state index in [2.05, 4.69) is 15.5 Å². The van der Waals surface area contributed by atoms with E-state index in [0.717, 1.165) is 4.90 Å². The number of nitrogens with zero attached hydrogens (tertiary/aromatic N) is 2. The fraction of sp³-hybridized carbons (Fsp3) is 0.500. The number of hydrogen-bond acceptors (Lipinski definition) is 5. The van der Waals surface area contributed by atoms with Gasteiger partial charge in [-0.25, -0.2) is 8.78 Å². The first kappa shape index (κ1) is 18.8. The molecular formula is C18H21F2N3O2S. The lowest BCUT2D eigenvalue weighted by Crippen LogP contribution is -2.24. The van der Waals surface area contributed by atoms with Crippen LogP contribution >= 0.6 is 11.8 Å². The highest BCUT2D eigenvalue weighted by Crippen LogP contribution is 2.39. The van der Waals surface area contributed by atoms with Crippen LogP contribution in [0.4, 0.5) is 8.78 Å². The summed E-state index contributed by atoms with van der Waals surface area (Å²) in [6.07, 6.45) is 0.817. The number of carbonyl (C=O) groups is 1. The zero-order chi connectivity index (χ0) is 18.4. The molecule has 0 atom stereocenters. The summed E-state index contributed by atoms with van der Waals surface area (Å²) in [5, 5.41) is 6.63. The predicted molar refractivity (Wildman–Crippen MR) is 94.1 cm³/mol. The largest absolute Gasteiger partial charge is 0.347 e. The van der Waals surface area contributed by atoms with E-state index in [-0.39, 0.29) is 31.2 Å². The van der Waals surface area contributed by atoms with Gasteiger partial charge in [0, 0.05) is 35.8 Å². The Hall–Kier alpha value is -1.96. The van der Waals surface area contributed by atoms with Crippen molar-refractivity contribution < 1.29 is 18.1 Å². The van der Waals surface area contributed by atoms with Gasteiger partial charge in [0.2, 0.25) is 17.7 Å². The molecule has 0 bridgehead atoms. The molecule has 0 aliphatic heterocycles. The first-order valence-electron chi connectivity index (χ1n) is 8.67. The topological polar surface area (TPSA) is 68.0 Å². The summed E-state index contributed by atoms with van der Waals surface area (Å²) in [5.41, 5.74) is 0. The van der Waals surface area contributed by atoms with Crippen molar-refractivity contribution in [1.82, 2.24) is 15.5 Å². The number of benzene rings is 1. The van der Waals surface area contributed by atoms with Crippen LogP contribution in [0.25, 0.3) is 0 Å². The maximum Gasteiger partial charge on any atom is 0.248 e. The molecule has 3 rings (SSSR count). The van der Waals surface area contributed by atoms with Gasteiger partial charge in [0.05, 0.1) is 6.54 Å². The summed E-state index contributed by atoms with van der Waals surface area (Å²) >= 11 is 1.62. The molecule has 8 heteroatoms. The van der Waals surface area contributed by atoms with E-state index >= 15 is 0 Å². The molecule has 2 aromatic rings. The van der Waals surface area contributed by atoms with Crippen LogP contribution in [0.1, 0.15) is 49.7 Å². The van der Waals surface area contributed by atoms with Crippen LogP contribution < -0.4 is 5.32 Å². The van der Waals surface area contributed by atoms with Crippen molar-refractivity contribution in [2.24, 2.45) is 0 Å². The normalized spacial score (nSPS) is 17.2. The molecule has 140 valence electrons. The number of hydrogen-bond donors (Lipinski definition) is 1. The highest BCUT2D eigenvalue weighted by molar-refractivity contribution is 7.99. The van der Waals surface area contributed by atoms with Crippen LogP contribution in [-0.4, -0.2) is 27.7 Å². The first-order chi connectivity index (χ1) is 12.5. The molecule has 1 heterocycles. The molecule has 0 saturated heterocycles. The van der Waals surface area contributed by atoms with Gasteiger partial charge >= 0.3 is 0 Å². The van der Waals surface area contributed by atoms with E-state index in [0.29, 0.717) is 36.7 Å². The molecule has 0 radical (unpaired) electrons. The minimum Gasteiger partial charge on any atom is -0.347 e. The Kier molecular flexibility index (Phi) is 6.24. The second-order valence-corrected chi connectivity index (χ2v) is 7.53. The molecule has 5 nitrogen and oxygen atoms in total. The minimum absolute atomic E-state index is 0.0921. The third kappa shape index (κ3) is 5.52. The summed E-state index contributed by atoms with van der Waals surface area (Å²) < 4.78 is 31.5. The second kappa shape index (κ2) is 8.62. The number of aromatic nitrogens is 2. The van der Waals surface area contributed by atoms with Crippen LogP contribution in [0.15, 0.2) is 39.8 Å². The quantitative estimate of drug-likeness (QED) is 0.730. The van der Waals surface area contributed by atoms with E-state index in [1.807, 2.05) is 30.3 Å². The summed E-state index contributed by atoms with van der Waals surface area (Å²) in [7, 11) is 0. The fourth-order valence-electron chi connectivity index (χ4n) is 2.84. The van der Waals surface area contributed by atoms with Gasteiger partial charge in [-0.2, -0.15) is 4.98 Å². The van der Waals surface area contributed by atoms with Gasteiger partial charge < -0.3 is 9.84 Å². The van der Waals surface area contributed by atoms with Crippen LogP contribution in [-0.2, 0) is 11.3 Å². The van der Waals surface area contributed by atoms with Gasteiger partial charge in [-0.3, -0.25) is 4.79 Å². The lowest BCUT2D eigenvalue weighted by molar-refractivity contribution is -0.120. The predicted octanol–water partition coefficient (Wildman–Crippen LogP) is 4.16. The van der Waals surface area contributed by atoms with Gasteiger partial charge in [-0.15, -0.1) is 11.8 Å². The highest BCUT2D eigenvalue weighted by Gasteiger charge is 2.36. The molecule has 1 saturated carbocycles. The van der Waals surface area contributed by atoms with E-state index in [1.165, 1.54) is 0 Å². The summed E-state index contributed by atoms with van der Waals surface area (Å²) in [4.78, 5) is 17.3. The van der Waals surface area contributed by atoms with Crippen molar-refractivity contribution in [3.8, 4) is 0 Å². The number of amides is 1. The minimum atomic E-state index is -2.57. The molecule has 1 aliphatic carbocycles. The summed E-state index contributed by atoms with van der Waals surface area (Å²) in [6.45, 7) is 0.157. The van der Waals surface area contributed by atoms with Crippen LogP contribution in [0.5, 0.6) is 0 Å². The maximum atomic E-state index is 13.2. The lowest BCUT2D eigenvalue weighted by Gasteiger charge is -2.26. The average Bonchev–Trinajstić information content (AvgIpc) is 3.10. The molecule has 1 amide bonds. The molecule has 1 fully saturated rings. The molecule has 26 heavy (non-hydrogen) atoms. The van der Waals surface area contributed by atoms with Crippen LogP contribution in [0.3, 0.4) is 0 Å². The van der Waals surface area contributed by atoms with Crippen molar-refractivity contribution in [3.05, 3.63) is 42.0 Å². The zero-order valence-corrected chi connectivity index (χ0v) is 15.1. The number of halogens is 2. The van der Waals surface area contributed by atoms with E-state index in [4.69, 9.17) is 4.52 Å². The van der Waals surface area contributed by atoms with E-state index < -0.39 is 5.92 Å². The molecule has 1 N–H and O–H groups in total. The standard InChI is InChI=1S/C18H21F2N3O2S/c19-18(20)9-6-13(7-10-18)17-22-16(25-23-17)12-21-15(24)8-11-26-14-4-2-1-3-5-14/h1-5,13H,6-12H2,(H,21,24). The molecule has 1 aromatic carbocycles. The van der Waals surface area contributed by atoms with E-state index in [1.54, 1.807) is 11.8 Å². The Morgan fingerprint density at radius 1 is 1.27 bits per heavy atom. The number of alkyl halides is 2. The third-order valence-electron chi connectivity index (χ3n) is 4.34. The lowest BCUT2D eigenvalue weighted by atomic mass is 9.86. The summed E-state index contributed by atoms with van der Waals surface area (Å²) in [5.74, 6) is -1.31.